The summed E-state index contributed by atoms with van der Waals surface area (Å²) >= 11 is 0. The Hall–Kier alpha value is -3.34. The first-order chi connectivity index (χ1) is 16.1. The van der Waals surface area contributed by atoms with Crippen LogP contribution < -0.4 is 15.4 Å². The van der Waals surface area contributed by atoms with Crippen molar-refractivity contribution in [3.8, 4) is 17.1 Å². The van der Waals surface area contributed by atoms with Crippen molar-refractivity contribution in [1.29, 1.82) is 0 Å². The van der Waals surface area contributed by atoms with Gasteiger partial charge in [0.25, 0.3) is 0 Å². The normalized spacial score (nSPS) is 11.1. The average Bonchev–Trinajstić information content (AvgIpc) is 3.45. The highest BCUT2D eigenvalue weighted by atomic mass is 127. The van der Waals surface area contributed by atoms with Crippen LogP contribution in [0, 0.1) is 13.8 Å². The number of aliphatic imine (C=N–C) groups is 1. The third-order valence-corrected chi connectivity index (χ3v) is 5.32. The van der Waals surface area contributed by atoms with Gasteiger partial charge in [-0.25, -0.2) is 9.36 Å². The van der Waals surface area contributed by atoms with Crippen LogP contribution in [0.15, 0.2) is 71.9 Å². The summed E-state index contributed by atoms with van der Waals surface area (Å²) in [7, 11) is 3.42. The van der Waals surface area contributed by atoms with Gasteiger partial charge in [-0.1, -0.05) is 18.2 Å². The number of rotatable bonds is 7. The molecule has 2 N–H and O–H groups in total. The second kappa shape index (κ2) is 11.7. The maximum absolute atomic E-state index is 5.22. The van der Waals surface area contributed by atoms with E-state index in [0.717, 1.165) is 39.8 Å². The van der Waals surface area contributed by atoms with E-state index in [-0.39, 0.29) is 24.0 Å². The number of hydrogen-bond donors (Lipinski definition) is 2. The van der Waals surface area contributed by atoms with Crippen LogP contribution >= 0.6 is 24.0 Å². The Balaban J connectivity index is 0.00000324. The number of benzene rings is 2. The average molecular weight is 571 g/mol. The summed E-state index contributed by atoms with van der Waals surface area (Å²) in [4.78, 5) is 4.35. The Labute approximate surface area is 217 Å². The molecule has 9 heteroatoms. The van der Waals surface area contributed by atoms with Crippen LogP contribution in [0.3, 0.4) is 0 Å². The number of halogens is 1. The predicted molar refractivity (Wildman–Crippen MR) is 146 cm³/mol. The van der Waals surface area contributed by atoms with Crippen LogP contribution in [0.5, 0.6) is 5.75 Å². The molecule has 0 amide bonds. The largest absolute Gasteiger partial charge is 0.497 e. The van der Waals surface area contributed by atoms with Crippen LogP contribution in [0.1, 0.15) is 22.6 Å². The summed E-state index contributed by atoms with van der Waals surface area (Å²) in [5.41, 5.74) is 6.19. The van der Waals surface area contributed by atoms with Crippen LogP contribution in [-0.2, 0) is 13.1 Å². The molecule has 4 aromatic rings. The van der Waals surface area contributed by atoms with Crippen molar-refractivity contribution in [3.63, 3.8) is 0 Å². The third-order valence-electron chi connectivity index (χ3n) is 5.32. The molecule has 0 aliphatic heterocycles. The maximum atomic E-state index is 5.22. The standard InChI is InChI=1S/C25H29N7O.HI/c1-18-15-19(2)32(29-18)24-8-6-5-7-20(24)16-27-25(26-3)28-17-21-13-14-31(30-21)22-9-11-23(33-4)12-10-22;/h5-15H,16-17H2,1-4H3,(H2,26,27,28);1H. The summed E-state index contributed by atoms with van der Waals surface area (Å²) < 4.78 is 9.04. The lowest BCUT2D eigenvalue weighted by atomic mass is 10.1. The molecule has 178 valence electrons. The molecule has 0 bridgehead atoms. The van der Waals surface area contributed by atoms with E-state index < -0.39 is 0 Å². The highest BCUT2D eigenvalue weighted by molar-refractivity contribution is 14.0. The minimum Gasteiger partial charge on any atom is -0.497 e. The molecule has 2 aromatic heterocycles. The predicted octanol–water partition coefficient (Wildman–Crippen LogP) is 4.17. The zero-order valence-electron chi connectivity index (χ0n) is 19.8. The number of para-hydroxylation sites is 1. The fourth-order valence-corrected chi connectivity index (χ4v) is 3.65. The molecular formula is C25H30IN7O. The quantitative estimate of drug-likeness (QED) is 0.198. The molecule has 0 aliphatic rings. The summed E-state index contributed by atoms with van der Waals surface area (Å²) in [6.45, 7) is 5.25. The molecule has 2 heterocycles. The Bertz CT molecular complexity index is 1240. The lowest BCUT2D eigenvalue weighted by Gasteiger charge is -2.14. The molecular weight excluding hydrogens is 541 g/mol. The van der Waals surface area contributed by atoms with E-state index in [9.17, 15) is 0 Å². The highest BCUT2D eigenvalue weighted by Gasteiger charge is 2.10. The molecule has 0 radical (unpaired) electrons. The first kappa shape index (κ1) is 25.3. The fourth-order valence-electron chi connectivity index (χ4n) is 3.65. The van der Waals surface area contributed by atoms with Crippen molar-refractivity contribution in [1.82, 2.24) is 30.2 Å². The lowest BCUT2D eigenvalue weighted by Crippen LogP contribution is -2.36. The molecule has 0 spiro atoms. The second-order valence-electron chi connectivity index (χ2n) is 7.70. The number of hydrogen-bond acceptors (Lipinski definition) is 4. The van der Waals surface area contributed by atoms with Gasteiger partial charge in [0.1, 0.15) is 5.75 Å². The SMILES string of the molecule is CN=C(NCc1ccn(-c2ccc(OC)cc2)n1)NCc1ccccc1-n1nc(C)cc1C.I. The van der Waals surface area contributed by atoms with Crippen LogP contribution in [0.2, 0.25) is 0 Å². The van der Waals surface area contributed by atoms with Gasteiger partial charge in [-0.2, -0.15) is 10.2 Å². The Morgan fingerprint density at radius 2 is 1.71 bits per heavy atom. The molecule has 0 unspecified atom stereocenters. The molecule has 0 saturated carbocycles. The first-order valence-electron chi connectivity index (χ1n) is 10.8. The number of nitrogens with zero attached hydrogens (tertiary/aromatic N) is 5. The molecule has 0 fully saturated rings. The van der Waals surface area contributed by atoms with Crippen molar-refractivity contribution < 1.29 is 4.74 Å². The van der Waals surface area contributed by atoms with E-state index in [1.807, 2.05) is 64.9 Å². The second-order valence-corrected chi connectivity index (χ2v) is 7.70. The summed E-state index contributed by atoms with van der Waals surface area (Å²) in [6.07, 6.45) is 1.94. The Morgan fingerprint density at radius 3 is 2.38 bits per heavy atom. The molecule has 4 rings (SSSR count). The zero-order valence-corrected chi connectivity index (χ0v) is 22.1. The summed E-state index contributed by atoms with van der Waals surface area (Å²) in [5.74, 6) is 1.53. The van der Waals surface area contributed by atoms with Gasteiger partial charge < -0.3 is 15.4 Å². The highest BCUT2D eigenvalue weighted by Crippen LogP contribution is 2.17. The molecule has 2 aromatic carbocycles. The van der Waals surface area contributed by atoms with Gasteiger partial charge in [0.05, 0.1) is 36.4 Å². The fraction of sp³-hybridized carbons (Fsp3) is 0.240. The van der Waals surface area contributed by atoms with Crippen molar-refractivity contribution in [2.75, 3.05) is 14.2 Å². The van der Waals surface area contributed by atoms with Gasteiger partial charge in [0, 0.05) is 25.5 Å². The van der Waals surface area contributed by atoms with E-state index in [1.165, 1.54) is 0 Å². The number of nitrogens with one attached hydrogen (secondary N) is 2. The Morgan fingerprint density at radius 1 is 0.971 bits per heavy atom. The van der Waals surface area contributed by atoms with Crippen LogP contribution in [0.4, 0.5) is 0 Å². The summed E-state index contributed by atoms with van der Waals surface area (Å²) in [6, 6.07) is 20.1. The van der Waals surface area contributed by atoms with Crippen molar-refractivity contribution in [2.24, 2.45) is 4.99 Å². The van der Waals surface area contributed by atoms with Gasteiger partial charge in [0.15, 0.2) is 5.96 Å². The van der Waals surface area contributed by atoms with Crippen LogP contribution in [-0.4, -0.2) is 39.7 Å². The maximum Gasteiger partial charge on any atom is 0.191 e. The number of aromatic nitrogens is 4. The van der Waals surface area contributed by atoms with Crippen molar-refractivity contribution >= 4 is 29.9 Å². The summed E-state index contributed by atoms with van der Waals surface area (Å²) in [5, 5.41) is 16.0. The minimum atomic E-state index is 0. The van der Waals surface area contributed by atoms with E-state index in [2.05, 4.69) is 50.9 Å². The van der Waals surface area contributed by atoms with E-state index >= 15 is 0 Å². The number of ether oxygens (including phenoxy) is 1. The van der Waals surface area contributed by atoms with Crippen molar-refractivity contribution in [2.45, 2.75) is 26.9 Å². The smallest absolute Gasteiger partial charge is 0.191 e. The minimum absolute atomic E-state index is 0. The van der Waals surface area contributed by atoms with Crippen LogP contribution in [0.25, 0.3) is 11.4 Å². The van der Waals surface area contributed by atoms with E-state index in [1.54, 1.807) is 14.2 Å². The van der Waals surface area contributed by atoms with Gasteiger partial charge in [0.2, 0.25) is 0 Å². The molecule has 0 atom stereocenters. The Kier molecular flexibility index (Phi) is 8.69. The molecule has 0 aliphatic carbocycles. The number of guanidine groups is 1. The molecule has 0 saturated heterocycles. The first-order valence-corrected chi connectivity index (χ1v) is 10.8. The van der Waals surface area contributed by atoms with E-state index in [0.29, 0.717) is 19.0 Å². The van der Waals surface area contributed by atoms with Gasteiger partial charge in [-0.3, -0.25) is 4.99 Å². The van der Waals surface area contributed by atoms with E-state index in [4.69, 9.17) is 4.74 Å². The van der Waals surface area contributed by atoms with Crippen molar-refractivity contribution in [3.05, 3.63) is 89.5 Å². The number of methoxy groups -OCH3 is 1. The molecule has 34 heavy (non-hydrogen) atoms. The molecule has 8 nitrogen and oxygen atoms in total. The van der Waals surface area contributed by atoms with Gasteiger partial charge in [-0.15, -0.1) is 24.0 Å². The monoisotopic (exact) mass is 571 g/mol. The van der Waals surface area contributed by atoms with Gasteiger partial charge in [-0.05, 0) is 61.9 Å². The van der Waals surface area contributed by atoms with Gasteiger partial charge >= 0.3 is 0 Å². The number of aryl methyl sites for hydroxylation is 2. The zero-order chi connectivity index (χ0) is 23.2. The topological polar surface area (TPSA) is 81.3 Å². The third kappa shape index (κ3) is 5.96. The lowest BCUT2D eigenvalue weighted by molar-refractivity contribution is 0.414.